The second-order valence-electron chi connectivity index (χ2n) is 3.01. The normalized spacial score (nSPS) is 10.9. The quantitative estimate of drug-likeness (QED) is 0.770. The van der Waals surface area contributed by atoms with Crippen LogP contribution in [0.4, 0.5) is 0 Å². The van der Waals surface area contributed by atoms with E-state index in [1.807, 2.05) is 23.7 Å². The van der Waals surface area contributed by atoms with Gasteiger partial charge in [-0.05, 0) is 17.5 Å². The van der Waals surface area contributed by atoms with Crippen LogP contribution >= 0.6 is 11.3 Å². The average molecular weight is 209 g/mol. The Morgan fingerprint density at radius 1 is 1.50 bits per heavy atom. The standard InChI is InChI=1S/C10H11NO2S/c1-13-6-5-11-4-2-9-8(10(11)12)3-7-14-9/h2-4,7H,5-6H2,1H3. The van der Waals surface area contributed by atoms with Crippen molar-refractivity contribution in [2.24, 2.45) is 0 Å². The van der Waals surface area contributed by atoms with Crippen molar-refractivity contribution >= 4 is 21.4 Å². The summed E-state index contributed by atoms with van der Waals surface area (Å²) < 4.78 is 7.66. The zero-order valence-electron chi connectivity index (χ0n) is 7.90. The molecule has 0 N–H and O–H groups in total. The highest BCUT2D eigenvalue weighted by atomic mass is 32.1. The first-order valence-electron chi connectivity index (χ1n) is 4.38. The van der Waals surface area contributed by atoms with Gasteiger partial charge >= 0.3 is 0 Å². The summed E-state index contributed by atoms with van der Waals surface area (Å²) >= 11 is 1.59. The number of hydrogen-bond donors (Lipinski definition) is 0. The van der Waals surface area contributed by atoms with E-state index in [0.717, 1.165) is 10.1 Å². The van der Waals surface area contributed by atoms with Gasteiger partial charge in [-0.3, -0.25) is 4.79 Å². The highest BCUT2D eigenvalue weighted by Crippen LogP contribution is 2.15. The fraction of sp³-hybridized carbons (Fsp3) is 0.300. The lowest BCUT2D eigenvalue weighted by atomic mass is 10.3. The number of thiophene rings is 1. The minimum atomic E-state index is 0.0702. The van der Waals surface area contributed by atoms with E-state index in [1.165, 1.54) is 0 Å². The zero-order chi connectivity index (χ0) is 9.97. The van der Waals surface area contributed by atoms with E-state index < -0.39 is 0 Å². The van der Waals surface area contributed by atoms with E-state index in [-0.39, 0.29) is 5.56 Å². The molecule has 74 valence electrons. The van der Waals surface area contributed by atoms with Crippen LogP contribution in [0, 0.1) is 0 Å². The number of methoxy groups -OCH3 is 1. The maximum Gasteiger partial charge on any atom is 0.259 e. The summed E-state index contributed by atoms with van der Waals surface area (Å²) in [6.45, 7) is 1.18. The van der Waals surface area contributed by atoms with Gasteiger partial charge in [-0.2, -0.15) is 0 Å². The van der Waals surface area contributed by atoms with Crippen molar-refractivity contribution in [3.63, 3.8) is 0 Å². The Balaban J connectivity index is 2.46. The smallest absolute Gasteiger partial charge is 0.259 e. The van der Waals surface area contributed by atoms with Crippen LogP contribution in [0.3, 0.4) is 0 Å². The third-order valence-electron chi connectivity index (χ3n) is 2.13. The molecule has 0 atom stereocenters. The molecule has 0 unspecified atom stereocenters. The molecular weight excluding hydrogens is 198 g/mol. The summed E-state index contributed by atoms with van der Waals surface area (Å²) in [7, 11) is 1.63. The largest absolute Gasteiger partial charge is 0.383 e. The predicted octanol–water partition coefficient (Wildman–Crippen LogP) is 1.71. The van der Waals surface area contributed by atoms with Crippen LogP contribution in [0.5, 0.6) is 0 Å². The van der Waals surface area contributed by atoms with Gasteiger partial charge in [0.1, 0.15) is 0 Å². The number of pyridine rings is 1. The fourth-order valence-corrected chi connectivity index (χ4v) is 2.15. The van der Waals surface area contributed by atoms with Gasteiger partial charge in [0.25, 0.3) is 5.56 Å². The molecule has 2 aromatic rings. The highest BCUT2D eigenvalue weighted by molar-refractivity contribution is 7.17. The average Bonchev–Trinajstić information content (AvgIpc) is 2.66. The van der Waals surface area contributed by atoms with Crippen LogP contribution in [-0.2, 0) is 11.3 Å². The molecule has 2 heterocycles. The van der Waals surface area contributed by atoms with E-state index in [1.54, 1.807) is 23.0 Å². The maximum atomic E-state index is 11.8. The monoisotopic (exact) mass is 209 g/mol. The Morgan fingerprint density at radius 2 is 2.36 bits per heavy atom. The fourth-order valence-electron chi connectivity index (χ4n) is 1.37. The van der Waals surface area contributed by atoms with Gasteiger partial charge in [0, 0.05) is 24.6 Å². The number of rotatable bonds is 3. The molecule has 3 nitrogen and oxygen atoms in total. The first kappa shape index (κ1) is 9.43. The number of hydrogen-bond acceptors (Lipinski definition) is 3. The van der Waals surface area contributed by atoms with Crippen molar-refractivity contribution in [3.05, 3.63) is 34.1 Å². The van der Waals surface area contributed by atoms with Gasteiger partial charge in [-0.1, -0.05) is 0 Å². The molecule has 2 aromatic heterocycles. The van der Waals surface area contributed by atoms with Crippen molar-refractivity contribution in [3.8, 4) is 0 Å². The van der Waals surface area contributed by atoms with Crippen LogP contribution in [0.2, 0.25) is 0 Å². The third-order valence-corrected chi connectivity index (χ3v) is 3.01. The highest BCUT2D eigenvalue weighted by Gasteiger charge is 2.02. The predicted molar refractivity (Wildman–Crippen MR) is 58.0 cm³/mol. The lowest BCUT2D eigenvalue weighted by molar-refractivity contribution is 0.186. The van der Waals surface area contributed by atoms with E-state index in [9.17, 15) is 4.79 Å². The van der Waals surface area contributed by atoms with Gasteiger partial charge < -0.3 is 9.30 Å². The van der Waals surface area contributed by atoms with Crippen LogP contribution in [0.25, 0.3) is 10.1 Å². The number of ether oxygens (including phenoxy) is 1. The molecule has 0 radical (unpaired) electrons. The summed E-state index contributed by atoms with van der Waals surface area (Å²) in [6.07, 6.45) is 1.82. The second kappa shape index (κ2) is 3.94. The Morgan fingerprint density at radius 3 is 3.14 bits per heavy atom. The minimum absolute atomic E-state index is 0.0702. The zero-order valence-corrected chi connectivity index (χ0v) is 8.71. The summed E-state index contributed by atoms with van der Waals surface area (Å²) in [4.78, 5) is 11.8. The molecule has 2 rings (SSSR count). The van der Waals surface area contributed by atoms with E-state index >= 15 is 0 Å². The molecule has 0 aliphatic heterocycles. The first-order chi connectivity index (χ1) is 6.83. The molecular formula is C10H11NO2S. The minimum Gasteiger partial charge on any atom is -0.383 e. The molecule has 0 amide bonds. The first-order valence-corrected chi connectivity index (χ1v) is 5.26. The number of nitrogens with zero attached hydrogens (tertiary/aromatic N) is 1. The van der Waals surface area contributed by atoms with Gasteiger partial charge in [0.2, 0.25) is 0 Å². The molecule has 0 aliphatic carbocycles. The van der Waals surface area contributed by atoms with E-state index in [2.05, 4.69) is 0 Å². The van der Waals surface area contributed by atoms with Gasteiger partial charge in [-0.25, -0.2) is 0 Å². The topological polar surface area (TPSA) is 31.2 Å². The van der Waals surface area contributed by atoms with Gasteiger partial charge in [-0.15, -0.1) is 11.3 Å². The molecule has 0 aliphatic rings. The molecule has 0 saturated heterocycles. The van der Waals surface area contributed by atoms with Crippen molar-refractivity contribution in [1.82, 2.24) is 4.57 Å². The molecule has 0 fully saturated rings. The molecule has 4 heteroatoms. The van der Waals surface area contributed by atoms with Crippen LogP contribution < -0.4 is 5.56 Å². The molecule has 0 saturated carbocycles. The van der Waals surface area contributed by atoms with Crippen molar-refractivity contribution in [2.75, 3.05) is 13.7 Å². The Hall–Kier alpha value is -1.13. The molecule has 0 aromatic carbocycles. The van der Waals surface area contributed by atoms with Crippen molar-refractivity contribution in [1.29, 1.82) is 0 Å². The Bertz CT molecular complexity index is 486. The van der Waals surface area contributed by atoms with Crippen LogP contribution in [0.1, 0.15) is 0 Å². The summed E-state index contributed by atoms with van der Waals surface area (Å²) in [5.74, 6) is 0. The van der Waals surface area contributed by atoms with Gasteiger partial charge in [0.05, 0.1) is 12.0 Å². The molecule has 0 spiro atoms. The lowest BCUT2D eigenvalue weighted by Gasteiger charge is -2.03. The lowest BCUT2D eigenvalue weighted by Crippen LogP contribution is -2.20. The maximum absolute atomic E-state index is 11.8. The molecule has 0 bridgehead atoms. The van der Waals surface area contributed by atoms with Crippen LogP contribution in [0.15, 0.2) is 28.5 Å². The molecule has 14 heavy (non-hydrogen) atoms. The van der Waals surface area contributed by atoms with Gasteiger partial charge in [0.15, 0.2) is 0 Å². The van der Waals surface area contributed by atoms with Crippen molar-refractivity contribution in [2.45, 2.75) is 6.54 Å². The second-order valence-corrected chi connectivity index (χ2v) is 3.95. The number of aromatic nitrogens is 1. The third kappa shape index (κ3) is 1.58. The van der Waals surface area contributed by atoms with Crippen LogP contribution in [-0.4, -0.2) is 18.3 Å². The van der Waals surface area contributed by atoms with E-state index in [0.29, 0.717) is 13.2 Å². The number of fused-ring (bicyclic) bond motifs is 1. The van der Waals surface area contributed by atoms with Crippen molar-refractivity contribution < 1.29 is 4.74 Å². The Labute approximate surface area is 85.6 Å². The summed E-state index contributed by atoms with van der Waals surface area (Å²) in [5, 5.41) is 2.74. The summed E-state index contributed by atoms with van der Waals surface area (Å²) in [6, 6.07) is 3.84. The van der Waals surface area contributed by atoms with E-state index in [4.69, 9.17) is 4.74 Å². The SMILES string of the molecule is COCCn1ccc2sccc2c1=O. The Kier molecular flexibility index (Phi) is 2.65. The summed E-state index contributed by atoms with van der Waals surface area (Å²) in [5.41, 5.74) is 0.0702.